The van der Waals surface area contributed by atoms with Crippen LogP contribution in [-0.4, -0.2) is 18.2 Å². The molecule has 0 amide bonds. The van der Waals surface area contributed by atoms with Gasteiger partial charge in [0, 0.05) is 5.56 Å². The van der Waals surface area contributed by atoms with Crippen LogP contribution in [0.3, 0.4) is 0 Å². The maximum absolute atomic E-state index is 11.5. The van der Waals surface area contributed by atoms with E-state index in [0.29, 0.717) is 16.9 Å². The highest BCUT2D eigenvalue weighted by Crippen LogP contribution is 2.30. The fraction of sp³-hybridized carbons (Fsp3) is 0. The quantitative estimate of drug-likeness (QED) is 0.557. The molecule has 2 aromatic carbocycles. The smallest absolute Gasteiger partial charge is 0.232 e. The first-order valence-corrected chi connectivity index (χ1v) is 10.7. The number of thiophene rings is 1. The maximum Gasteiger partial charge on any atom is 0.238 e. The lowest BCUT2D eigenvalue weighted by Gasteiger charge is -2.10. The summed E-state index contributed by atoms with van der Waals surface area (Å²) in [5, 5.41) is 23.1. The molecule has 0 spiro atoms. The molecule has 0 aliphatic carbocycles. The lowest BCUT2D eigenvalue weighted by atomic mass is 10.0. The van der Waals surface area contributed by atoms with Crippen LogP contribution in [0.5, 0.6) is 0 Å². The van der Waals surface area contributed by atoms with Gasteiger partial charge in [0.2, 0.25) is 10.0 Å². The van der Waals surface area contributed by atoms with Crippen LogP contribution in [0.1, 0.15) is 5.56 Å². The summed E-state index contributed by atoms with van der Waals surface area (Å²) in [6.45, 7) is 0. The van der Waals surface area contributed by atoms with Gasteiger partial charge in [0.1, 0.15) is 6.07 Å². The van der Waals surface area contributed by atoms with Gasteiger partial charge in [0.25, 0.3) is 0 Å². The van der Waals surface area contributed by atoms with Crippen LogP contribution < -0.4 is 5.14 Å². The van der Waals surface area contributed by atoms with E-state index in [9.17, 15) is 13.7 Å². The number of sulfonamides is 1. The van der Waals surface area contributed by atoms with Crippen LogP contribution in [0.25, 0.3) is 28.1 Å². The molecule has 0 radical (unpaired) electrons. The molecule has 2 heterocycles. The van der Waals surface area contributed by atoms with Gasteiger partial charge in [0.15, 0.2) is 0 Å². The Morgan fingerprint density at radius 2 is 1.64 bits per heavy atom. The van der Waals surface area contributed by atoms with Crippen LogP contribution in [0.4, 0.5) is 0 Å². The Hall–Kier alpha value is -3.25. The average molecular weight is 406 g/mol. The number of nitriles is 1. The third-order valence-corrected chi connectivity index (χ3v) is 5.92. The van der Waals surface area contributed by atoms with Crippen LogP contribution in [0.2, 0.25) is 0 Å². The average Bonchev–Trinajstić information content (AvgIpc) is 3.37. The highest BCUT2D eigenvalue weighted by atomic mass is 32.2. The zero-order valence-corrected chi connectivity index (χ0v) is 16.1. The van der Waals surface area contributed by atoms with Gasteiger partial charge >= 0.3 is 0 Å². The molecule has 0 saturated heterocycles. The number of hydrogen-bond acceptors (Lipinski definition) is 5. The second kappa shape index (κ2) is 7.05. The monoisotopic (exact) mass is 406 g/mol. The molecule has 0 bridgehead atoms. The number of nitrogens with two attached hydrogens (primary N) is 1. The van der Waals surface area contributed by atoms with Crippen molar-refractivity contribution < 1.29 is 8.42 Å². The van der Waals surface area contributed by atoms with E-state index in [1.54, 1.807) is 28.2 Å². The molecule has 0 aliphatic rings. The van der Waals surface area contributed by atoms with Gasteiger partial charge in [-0.2, -0.15) is 21.7 Å². The van der Waals surface area contributed by atoms with E-state index in [2.05, 4.69) is 22.6 Å². The molecule has 8 heteroatoms. The summed E-state index contributed by atoms with van der Waals surface area (Å²) in [5.41, 5.74) is 4.77. The van der Waals surface area contributed by atoms with Crippen LogP contribution in [0, 0.1) is 11.3 Å². The molecule has 2 N–H and O–H groups in total. The summed E-state index contributed by atoms with van der Waals surface area (Å²) in [7, 11) is -3.77. The fourth-order valence-corrected chi connectivity index (χ4v) is 4.11. The lowest BCUT2D eigenvalue weighted by molar-refractivity contribution is 0.598. The molecule has 6 nitrogen and oxygen atoms in total. The summed E-state index contributed by atoms with van der Waals surface area (Å²) in [5.74, 6) is 0. The van der Waals surface area contributed by atoms with E-state index in [-0.39, 0.29) is 4.90 Å². The van der Waals surface area contributed by atoms with E-state index >= 15 is 0 Å². The van der Waals surface area contributed by atoms with Crippen molar-refractivity contribution in [1.29, 1.82) is 5.26 Å². The minimum atomic E-state index is -3.77. The van der Waals surface area contributed by atoms with Crippen molar-refractivity contribution in [1.82, 2.24) is 9.78 Å². The molecule has 4 aromatic rings. The van der Waals surface area contributed by atoms with Crippen LogP contribution in [-0.2, 0) is 10.0 Å². The van der Waals surface area contributed by atoms with Crippen molar-refractivity contribution >= 4 is 21.4 Å². The minimum Gasteiger partial charge on any atom is -0.232 e. The Labute approximate surface area is 166 Å². The predicted molar refractivity (Wildman–Crippen MR) is 108 cm³/mol. The van der Waals surface area contributed by atoms with Gasteiger partial charge in [-0.3, -0.25) is 0 Å². The van der Waals surface area contributed by atoms with Crippen LogP contribution >= 0.6 is 11.3 Å². The molecule has 138 valence electrons. The predicted octanol–water partition coefficient (Wildman–Crippen LogP) is 3.79. The molecular weight excluding hydrogens is 392 g/mol. The first-order chi connectivity index (χ1) is 13.5. The molecule has 4 rings (SSSR count). The largest absolute Gasteiger partial charge is 0.238 e. The molecule has 0 fully saturated rings. The minimum absolute atomic E-state index is 0.0191. The Kier molecular flexibility index (Phi) is 4.57. The Morgan fingerprint density at radius 1 is 0.964 bits per heavy atom. The molecule has 28 heavy (non-hydrogen) atoms. The van der Waals surface area contributed by atoms with Crippen molar-refractivity contribution in [3.63, 3.8) is 0 Å². The Morgan fingerprint density at radius 3 is 2.21 bits per heavy atom. The molecule has 0 saturated carbocycles. The summed E-state index contributed by atoms with van der Waals surface area (Å²) < 4.78 is 24.5. The number of nitrogens with zero attached hydrogens (tertiary/aromatic N) is 3. The van der Waals surface area contributed by atoms with E-state index in [1.807, 2.05) is 29.6 Å². The Bertz CT molecular complexity index is 1270. The highest BCUT2D eigenvalue weighted by Gasteiger charge is 2.15. The summed E-state index contributed by atoms with van der Waals surface area (Å²) >= 11 is 1.64. The van der Waals surface area contributed by atoms with Gasteiger partial charge in [0.05, 0.1) is 28.0 Å². The SMILES string of the molecule is N#Cc1cnn(-c2ccc(S(N)(=O)=O)cc2)c1-c1ccc(-c2ccsc2)cc1. The van der Waals surface area contributed by atoms with Gasteiger partial charge in [-0.25, -0.2) is 18.2 Å². The van der Waals surface area contributed by atoms with E-state index in [1.165, 1.54) is 18.3 Å². The summed E-state index contributed by atoms with van der Waals surface area (Å²) in [6.07, 6.45) is 1.50. The second-order valence-electron chi connectivity index (χ2n) is 6.06. The molecule has 0 unspecified atom stereocenters. The fourth-order valence-electron chi connectivity index (χ4n) is 2.93. The molecule has 2 aromatic heterocycles. The third kappa shape index (κ3) is 3.34. The van der Waals surface area contributed by atoms with Crippen molar-refractivity contribution in [3.05, 3.63) is 77.1 Å². The van der Waals surface area contributed by atoms with Gasteiger partial charge < -0.3 is 0 Å². The lowest BCUT2D eigenvalue weighted by Crippen LogP contribution is -2.12. The number of rotatable bonds is 4. The van der Waals surface area contributed by atoms with E-state index in [4.69, 9.17) is 5.14 Å². The van der Waals surface area contributed by atoms with Gasteiger partial charge in [-0.05, 0) is 52.2 Å². The van der Waals surface area contributed by atoms with Crippen molar-refractivity contribution in [3.8, 4) is 34.1 Å². The normalized spacial score (nSPS) is 11.3. The maximum atomic E-state index is 11.5. The molecule has 0 aliphatic heterocycles. The van der Waals surface area contributed by atoms with Crippen LogP contribution in [0.15, 0.2) is 76.4 Å². The van der Waals surface area contributed by atoms with E-state index in [0.717, 1.165) is 16.7 Å². The van der Waals surface area contributed by atoms with Crippen molar-refractivity contribution in [2.24, 2.45) is 5.14 Å². The highest BCUT2D eigenvalue weighted by molar-refractivity contribution is 7.89. The molecule has 0 atom stereocenters. The number of hydrogen-bond donors (Lipinski definition) is 1. The van der Waals surface area contributed by atoms with Crippen molar-refractivity contribution in [2.75, 3.05) is 0 Å². The number of primary sulfonamides is 1. The van der Waals surface area contributed by atoms with Gasteiger partial charge in [-0.1, -0.05) is 24.3 Å². The van der Waals surface area contributed by atoms with Gasteiger partial charge in [-0.15, -0.1) is 0 Å². The number of aromatic nitrogens is 2. The topological polar surface area (TPSA) is 102 Å². The zero-order valence-electron chi connectivity index (χ0n) is 14.5. The summed E-state index contributed by atoms with van der Waals surface area (Å²) in [4.78, 5) is 0.0191. The van der Waals surface area contributed by atoms with Crippen molar-refractivity contribution in [2.45, 2.75) is 4.90 Å². The zero-order chi connectivity index (χ0) is 19.7. The first kappa shape index (κ1) is 18.1. The second-order valence-corrected chi connectivity index (χ2v) is 8.40. The standard InChI is InChI=1S/C20H14N4O2S2/c21-11-17-12-23-24(18-5-7-19(8-6-18)28(22,25)26)20(17)15-3-1-14(2-4-15)16-9-10-27-13-16/h1-10,12-13H,(H2,22,25,26). The Balaban J connectivity index is 1.78. The summed E-state index contributed by atoms with van der Waals surface area (Å²) in [6, 6.07) is 18.2. The third-order valence-electron chi connectivity index (χ3n) is 4.31. The first-order valence-electron chi connectivity index (χ1n) is 8.22. The molecular formula is C20H14N4O2S2. The van der Waals surface area contributed by atoms with E-state index < -0.39 is 10.0 Å². The number of benzene rings is 2.